The van der Waals surface area contributed by atoms with Gasteiger partial charge in [0.25, 0.3) is 0 Å². The number of hydrogen-bond acceptors (Lipinski definition) is 4. The minimum absolute atomic E-state index is 0.0891. The molecule has 1 aromatic rings. The second kappa shape index (κ2) is 5.92. The molecule has 0 bridgehead atoms. The van der Waals surface area contributed by atoms with Crippen LogP contribution < -0.4 is 11.3 Å². The summed E-state index contributed by atoms with van der Waals surface area (Å²) in [6, 6.07) is 2.99. The molecule has 0 saturated carbocycles. The fourth-order valence-electron chi connectivity index (χ4n) is 2.61. The molecule has 0 aliphatic carbocycles. The van der Waals surface area contributed by atoms with Crippen LogP contribution in [0.1, 0.15) is 24.4 Å². The van der Waals surface area contributed by atoms with E-state index in [4.69, 9.17) is 15.3 Å². The van der Waals surface area contributed by atoms with Crippen molar-refractivity contribution in [2.24, 2.45) is 5.84 Å². The van der Waals surface area contributed by atoms with Gasteiger partial charge in [0.15, 0.2) is 0 Å². The SMILES string of the molecule is COC1(C(NN)c2c(F)cccc2F)CCOCC1. The van der Waals surface area contributed by atoms with Crippen molar-refractivity contribution < 1.29 is 18.3 Å². The molecule has 2 rings (SSSR count). The summed E-state index contributed by atoms with van der Waals surface area (Å²) in [5.74, 6) is 4.26. The maximum atomic E-state index is 13.9. The van der Waals surface area contributed by atoms with E-state index in [0.29, 0.717) is 26.1 Å². The second-order valence-corrected chi connectivity index (χ2v) is 4.62. The molecule has 6 heteroatoms. The van der Waals surface area contributed by atoms with Gasteiger partial charge in [-0.05, 0) is 12.1 Å². The van der Waals surface area contributed by atoms with Gasteiger partial charge in [-0.1, -0.05) is 6.07 Å². The van der Waals surface area contributed by atoms with Gasteiger partial charge in [-0.25, -0.2) is 14.2 Å². The summed E-state index contributed by atoms with van der Waals surface area (Å²) in [5.41, 5.74) is 1.64. The second-order valence-electron chi connectivity index (χ2n) is 4.62. The number of hydrazine groups is 1. The summed E-state index contributed by atoms with van der Waals surface area (Å²) in [4.78, 5) is 0. The molecule has 1 aliphatic heterocycles. The molecule has 1 aromatic carbocycles. The standard InChI is InChI=1S/C13H18F2N2O2/c1-18-13(5-7-19-8-6-13)12(17-16)11-9(14)3-2-4-10(11)15/h2-4,12,17H,5-8,16H2,1H3. The summed E-state index contributed by atoms with van der Waals surface area (Å²) < 4.78 is 38.7. The van der Waals surface area contributed by atoms with Gasteiger partial charge in [0.1, 0.15) is 11.6 Å². The highest BCUT2D eigenvalue weighted by Gasteiger charge is 2.43. The zero-order chi connectivity index (χ0) is 13.9. The van der Waals surface area contributed by atoms with Gasteiger partial charge in [0, 0.05) is 38.7 Å². The highest BCUT2D eigenvalue weighted by atomic mass is 19.1. The molecule has 1 heterocycles. The topological polar surface area (TPSA) is 56.5 Å². The van der Waals surface area contributed by atoms with E-state index in [-0.39, 0.29) is 5.56 Å². The van der Waals surface area contributed by atoms with Crippen molar-refractivity contribution >= 4 is 0 Å². The Morgan fingerprint density at radius 3 is 2.37 bits per heavy atom. The lowest BCUT2D eigenvalue weighted by molar-refractivity contribution is -0.112. The Morgan fingerprint density at radius 1 is 1.32 bits per heavy atom. The average Bonchev–Trinajstić information content (AvgIpc) is 2.44. The number of hydrogen-bond donors (Lipinski definition) is 2. The first-order valence-corrected chi connectivity index (χ1v) is 6.17. The number of benzene rings is 1. The zero-order valence-corrected chi connectivity index (χ0v) is 10.8. The Labute approximate surface area is 110 Å². The van der Waals surface area contributed by atoms with Crippen LogP contribution in [0.15, 0.2) is 18.2 Å². The van der Waals surface area contributed by atoms with Gasteiger partial charge in [0.05, 0.1) is 11.6 Å². The molecular formula is C13H18F2N2O2. The lowest BCUT2D eigenvalue weighted by Crippen LogP contribution is -2.51. The van der Waals surface area contributed by atoms with E-state index in [1.807, 2.05) is 0 Å². The number of nitrogens with one attached hydrogen (secondary N) is 1. The fourth-order valence-corrected chi connectivity index (χ4v) is 2.61. The summed E-state index contributed by atoms with van der Waals surface area (Å²) in [5, 5.41) is 0. The van der Waals surface area contributed by atoms with E-state index in [0.717, 1.165) is 0 Å². The molecule has 1 aliphatic rings. The molecule has 3 N–H and O–H groups in total. The zero-order valence-electron chi connectivity index (χ0n) is 10.8. The minimum atomic E-state index is -0.768. The van der Waals surface area contributed by atoms with Crippen LogP contribution in [0.2, 0.25) is 0 Å². The van der Waals surface area contributed by atoms with E-state index >= 15 is 0 Å². The number of ether oxygens (including phenoxy) is 2. The Kier molecular flexibility index (Phi) is 4.46. The van der Waals surface area contributed by atoms with Crippen molar-refractivity contribution in [3.63, 3.8) is 0 Å². The van der Waals surface area contributed by atoms with Gasteiger partial charge < -0.3 is 9.47 Å². The molecule has 1 unspecified atom stereocenters. The van der Waals surface area contributed by atoms with Crippen LogP contribution in [-0.2, 0) is 9.47 Å². The van der Waals surface area contributed by atoms with Crippen LogP contribution >= 0.6 is 0 Å². The smallest absolute Gasteiger partial charge is 0.131 e. The molecule has 1 saturated heterocycles. The normalized spacial score (nSPS) is 20.2. The molecule has 19 heavy (non-hydrogen) atoms. The molecule has 0 radical (unpaired) electrons. The number of rotatable bonds is 4. The largest absolute Gasteiger partial charge is 0.381 e. The molecule has 106 valence electrons. The van der Waals surface area contributed by atoms with Crippen LogP contribution in [0, 0.1) is 11.6 Å². The van der Waals surface area contributed by atoms with Crippen molar-refractivity contribution in [1.82, 2.24) is 5.43 Å². The minimum Gasteiger partial charge on any atom is -0.381 e. The Balaban J connectivity index is 2.43. The summed E-state index contributed by atoms with van der Waals surface area (Å²) in [7, 11) is 1.52. The summed E-state index contributed by atoms with van der Waals surface area (Å²) in [6.07, 6.45) is 1.04. The average molecular weight is 272 g/mol. The van der Waals surface area contributed by atoms with Crippen LogP contribution in [0.4, 0.5) is 8.78 Å². The van der Waals surface area contributed by atoms with Crippen LogP contribution in [0.3, 0.4) is 0 Å². The molecule has 0 amide bonds. The van der Waals surface area contributed by atoms with Crippen LogP contribution in [0.25, 0.3) is 0 Å². The first-order valence-electron chi connectivity index (χ1n) is 6.17. The van der Waals surface area contributed by atoms with Crippen LogP contribution in [-0.4, -0.2) is 25.9 Å². The van der Waals surface area contributed by atoms with Gasteiger partial charge in [-0.15, -0.1) is 0 Å². The molecular weight excluding hydrogens is 254 g/mol. The Morgan fingerprint density at radius 2 is 1.89 bits per heavy atom. The van der Waals surface area contributed by atoms with Crippen LogP contribution in [0.5, 0.6) is 0 Å². The van der Waals surface area contributed by atoms with E-state index < -0.39 is 23.3 Å². The van der Waals surface area contributed by atoms with Crippen molar-refractivity contribution in [3.05, 3.63) is 35.4 Å². The fraction of sp³-hybridized carbons (Fsp3) is 0.538. The third kappa shape index (κ3) is 2.62. The van der Waals surface area contributed by atoms with E-state index in [1.165, 1.54) is 25.3 Å². The van der Waals surface area contributed by atoms with Crippen molar-refractivity contribution in [2.75, 3.05) is 20.3 Å². The highest BCUT2D eigenvalue weighted by Crippen LogP contribution is 2.38. The summed E-state index contributed by atoms with van der Waals surface area (Å²) >= 11 is 0. The lowest BCUT2D eigenvalue weighted by Gasteiger charge is -2.42. The number of halogens is 2. The maximum Gasteiger partial charge on any atom is 0.131 e. The van der Waals surface area contributed by atoms with Gasteiger partial charge in [-0.2, -0.15) is 0 Å². The predicted molar refractivity (Wildman–Crippen MR) is 66.2 cm³/mol. The van der Waals surface area contributed by atoms with Crippen molar-refractivity contribution in [3.8, 4) is 0 Å². The third-order valence-electron chi connectivity index (χ3n) is 3.73. The van der Waals surface area contributed by atoms with Crippen molar-refractivity contribution in [2.45, 2.75) is 24.5 Å². The summed E-state index contributed by atoms with van der Waals surface area (Å²) in [6.45, 7) is 0.949. The quantitative estimate of drug-likeness (QED) is 0.646. The number of nitrogens with two attached hydrogens (primary N) is 1. The number of methoxy groups -OCH3 is 1. The van der Waals surface area contributed by atoms with Gasteiger partial charge in [-0.3, -0.25) is 5.84 Å². The molecule has 0 spiro atoms. The lowest BCUT2D eigenvalue weighted by atomic mass is 9.82. The maximum absolute atomic E-state index is 13.9. The third-order valence-corrected chi connectivity index (χ3v) is 3.73. The first-order chi connectivity index (χ1) is 9.14. The molecule has 0 aromatic heterocycles. The Bertz CT molecular complexity index is 416. The van der Waals surface area contributed by atoms with E-state index in [1.54, 1.807) is 0 Å². The Hall–Kier alpha value is -1.08. The molecule has 1 atom stereocenters. The monoisotopic (exact) mass is 272 g/mol. The van der Waals surface area contributed by atoms with E-state index in [9.17, 15) is 8.78 Å². The van der Waals surface area contributed by atoms with Gasteiger partial charge in [0.2, 0.25) is 0 Å². The van der Waals surface area contributed by atoms with Gasteiger partial charge >= 0.3 is 0 Å². The highest BCUT2D eigenvalue weighted by molar-refractivity contribution is 5.26. The predicted octanol–water partition coefficient (Wildman–Crippen LogP) is 1.66. The molecule has 1 fully saturated rings. The van der Waals surface area contributed by atoms with E-state index in [2.05, 4.69) is 5.43 Å². The molecule has 4 nitrogen and oxygen atoms in total. The first kappa shape index (κ1) is 14.3. The van der Waals surface area contributed by atoms with Crippen molar-refractivity contribution in [1.29, 1.82) is 0 Å².